The Morgan fingerprint density at radius 2 is 2.04 bits per heavy atom. The first-order chi connectivity index (χ1) is 13.6. The lowest BCUT2D eigenvalue weighted by Gasteiger charge is -2.10. The van der Waals surface area contributed by atoms with Gasteiger partial charge in [0, 0.05) is 24.2 Å². The summed E-state index contributed by atoms with van der Waals surface area (Å²) in [6, 6.07) is 7.80. The minimum absolute atomic E-state index is 0.118. The largest absolute Gasteiger partial charge is 0.390 e. The molecular formula is C22H31N5O. The van der Waals surface area contributed by atoms with Gasteiger partial charge in [-0.3, -0.25) is 5.43 Å². The van der Waals surface area contributed by atoms with Gasteiger partial charge < -0.3 is 15.8 Å². The number of H-pyrrole nitrogens is 1. The molecule has 5 N–H and O–H groups in total. The Morgan fingerprint density at radius 1 is 1.32 bits per heavy atom. The number of nitrogens with zero attached hydrogens (tertiary/aromatic N) is 2. The van der Waals surface area contributed by atoms with Crippen LogP contribution in [-0.2, 0) is 6.42 Å². The summed E-state index contributed by atoms with van der Waals surface area (Å²) >= 11 is 0. The number of rotatable bonds is 6. The van der Waals surface area contributed by atoms with Crippen LogP contribution in [0.5, 0.6) is 0 Å². The standard InChI is InChI=1S/C20H25N5O.C2H6/c1-13-6-8-16(9-7-13)19(12-26)25-24-14(2)20-22-17-5-3-4-15(11-21)10-18(17)23-20;1-2/h3-4,6-10,14,24,26H,5,11-12,21H2,1-2H3,(H,22,23);1-2H3/b25-19+;. The second-order valence-electron chi connectivity index (χ2n) is 6.45. The van der Waals surface area contributed by atoms with Crippen LogP contribution in [0, 0.1) is 6.92 Å². The average molecular weight is 382 g/mol. The first-order valence-electron chi connectivity index (χ1n) is 9.76. The molecule has 2 aromatic rings. The Kier molecular flexibility index (Phi) is 8.17. The quantitative estimate of drug-likeness (QED) is 0.456. The summed E-state index contributed by atoms with van der Waals surface area (Å²) in [5.41, 5.74) is 14.5. The number of nitrogens with two attached hydrogens (primary N) is 1. The predicted molar refractivity (Wildman–Crippen MR) is 116 cm³/mol. The number of allylic oxidation sites excluding steroid dienone is 1. The Morgan fingerprint density at radius 3 is 2.68 bits per heavy atom. The van der Waals surface area contributed by atoms with Gasteiger partial charge >= 0.3 is 0 Å². The zero-order valence-corrected chi connectivity index (χ0v) is 17.2. The van der Waals surface area contributed by atoms with E-state index in [1.165, 1.54) is 5.56 Å². The van der Waals surface area contributed by atoms with Crippen molar-refractivity contribution in [3.63, 3.8) is 0 Å². The van der Waals surface area contributed by atoms with E-state index in [-0.39, 0.29) is 12.6 Å². The highest BCUT2D eigenvalue weighted by molar-refractivity contribution is 6.01. The van der Waals surface area contributed by atoms with Crippen molar-refractivity contribution in [1.82, 2.24) is 15.4 Å². The topological polar surface area (TPSA) is 99.3 Å². The number of nitrogens with one attached hydrogen (secondary N) is 2. The molecule has 1 aliphatic carbocycles. The summed E-state index contributed by atoms with van der Waals surface area (Å²) in [4.78, 5) is 8.04. The monoisotopic (exact) mass is 381 g/mol. The van der Waals surface area contributed by atoms with E-state index in [0.717, 1.165) is 34.8 Å². The van der Waals surface area contributed by atoms with E-state index in [1.807, 2.05) is 64.1 Å². The molecule has 150 valence electrons. The molecule has 1 unspecified atom stereocenters. The summed E-state index contributed by atoms with van der Waals surface area (Å²) in [6.45, 7) is 8.37. The molecule has 6 heteroatoms. The first kappa shape index (κ1) is 21.6. The number of aromatic nitrogens is 2. The highest BCUT2D eigenvalue weighted by atomic mass is 16.3. The zero-order chi connectivity index (χ0) is 20.5. The number of aryl methyl sites for hydroxylation is 1. The van der Waals surface area contributed by atoms with Crippen LogP contribution >= 0.6 is 0 Å². The summed E-state index contributed by atoms with van der Waals surface area (Å²) < 4.78 is 0. The molecule has 0 saturated carbocycles. The molecule has 1 heterocycles. The predicted octanol–water partition coefficient (Wildman–Crippen LogP) is 3.25. The van der Waals surface area contributed by atoms with Gasteiger partial charge in [0.05, 0.1) is 24.1 Å². The third-order valence-corrected chi connectivity index (χ3v) is 4.38. The molecule has 1 atom stereocenters. The molecule has 0 fully saturated rings. The Hall–Kier alpha value is -2.70. The minimum atomic E-state index is -0.134. The zero-order valence-electron chi connectivity index (χ0n) is 17.2. The van der Waals surface area contributed by atoms with Gasteiger partial charge in [-0.15, -0.1) is 0 Å². The van der Waals surface area contributed by atoms with Crippen molar-refractivity contribution in [3.8, 4) is 0 Å². The van der Waals surface area contributed by atoms with Gasteiger partial charge in [-0.2, -0.15) is 5.10 Å². The number of aromatic amines is 1. The molecule has 0 aliphatic heterocycles. The van der Waals surface area contributed by atoms with Crippen LogP contribution in [0.3, 0.4) is 0 Å². The lowest BCUT2D eigenvalue weighted by Crippen LogP contribution is -2.18. The number of aliphatic hydroxyl groups is 1. The second-order valence-corrected chi connectivity index (χ2v) is 6.45. The highest BCUT2D eigenvalue weighted by Crippen LogP contribution is 2.19. The maximum absolute atomic E-state index is 9.63. The van der Waals surface area contributed by atoms with Crippen molar-refractivity contribution in [2.45, 2.75) is 40.2 Å². The summed E-state index contributed by atoms with van der Waals surface area (Å²) in [6.07, 6.45) is 6.93. The van der Waals surface area contributed by atoms with Gasteiger partial charge in [0.25, 0.3) is 0 Å². The van der Waals surface area contributed by atoms with E-state index in [9.17, 15) is 5.11 Å². The Balaban J connectivity index is 0.00000136. The van der Waals surface area contributed by atoms with E-state index < -0.39 is 0 Å². The molecule has 1 aliphatic rings. The summed E-state index contributed by atoms with van der Waals surface area (Å²) in [5.74, 6) is 0.808. The van der Waals surface area contributed by atoms with E-state index in [2.05, 4.69) is 26.6 Å². The Labute approximate surface area is 167 Å². The maximum atomic E-state index is 9.63. The van der Waals surface area contributed by atoms with Gasteiger partial charge in [-0.1, -0.05) is 55.8 Å². The van der Waals surface area contributed by atoms with E-state index in [1.54, 1.807) is 0 Å². The third-order valence-electron chi connectivity index (χ3n) is 4.38. The normalized spacial score (nSPS) is 14.4. The van der Waals surface area contributed by atoms with Gasteiger partial charge in [0.1, 0.15) is 5.82 Å². The van der Waals surface area contributed by atoms with Crippen molar-refractivity contribution in [1.29, 1.82) is 0 Å². The van der Waals surface area contributed by atoms with Crippen molar-refractivity contribution < 1.29 is 5.11 Å². The van der Waals surface area contributed by atoms with Gasteiger partial charge in [0.2, 0.25) is 0 Å². The number of aliphatic hydroxyl groups excluding tert-OH is 1. The summed E-state index contributed by atoms with van der Waals surface area (Å²) in [5, 5.41) is 14.0. The van der Waals surface area contributed by atoms with Crippen molar-refractivity contribution >= 4 is 11.8 Å². The van der Waals surface area contributed by atoms with Crippen LogP contribution in [0.2, 0.25) is 0 Å². The number of hydrogen-bond donors (Lipinski definition) is 4. The van der Waals surface area contributed by atoms with E-state index >= 15 is 0 Å². The lowest BCUT2D eigenvalue weighted by atomic mass is 10.1. The minimum Gasteiger partial charge on any atom is -0.390 e. The van der Waals surface area contributed by atoms with Gasteiger partial charge in [-0.25, -0.2) is 4.98 Å². The first-order valence-corrected chi connectivity index (χ1v) is 9.76. The smallest absolute Gasteiger partial charge is 0.130 e. The average Bonchev–Trinajstić information content (AvgIpc) is 3.03. The molecule has 28 heavy (non-hydrogen) atoms. The third kappa shape index (κ3) is 5.41. The van der Waals surface area contributed by atoms with Crippen molar-refractivity contribution in [2.24, 2.45) is 10.8 Å². The Bertz CT molecular complexity index is 846. The maximum Gasteiger partial charge on any atom is 0.130 e. The SMILES string of the molecule is CC.Cc1ccc(/C(CO)=N/NC(C)c2nc3c([nH]2)CC=CC(CN)=C3)cc1. The van der Waals surface area contributed by atoms with Gasteiger partial charge in [0.15, 0.2) is 0 Å². The molecule has 0 amide bonds. The molecule has 0 radical (unpaired) electrons. The van der Waals surface area contributed by atoms with Crippen molar-refractivity contribution in [3.05, 3.63) is 70.3 Å². The van der Waals surface area contributed by atoms with Crippen molar-refractivity contribution in [2.75, 3.05) is 13.2 Å². The molecule has 1 aromatic carbocycles. The van der Waals surface area contributed by atoms with Crippen LogP contribution in [0.1, 0.15) is 55.2 Å². The fourth-order valence-electron chi connectivity index (χ4n) is 2.78. The molecule has 6 nitrogen and oxygen atoms in total. The van der Waals surface area contributed by atoms with Gasteiger partial charge in [-0.05, 0) is 25.5 Å². The van der Waals surface area contributed by atoms with E-state index in [4.69, 9.17) is 5.73 Å². The van der Waals surface area contributed by atoms with Crippen LogP contribution in [0.15, 0.2) is 47.1 Å². The second kappa shape index (κ2) is 10.6. The van der Waals surface area contributed by atoms with Crippen LogP contribution in [0.25, 0.3) is 6.08 Å². The van der Waals surface area contributed by atoms with E-state index in [0.29, 0.717) is 12.3 Å². The lowest BCUT2D eigenvalue weighted by molar-refractivity contribution is 0.356. The number of fused-ring (bicyclic) bond motifs is 1. The molecule has 3 rings (SSSR count). The molecule has 0 bridgehead atoms. The fraction of sp³-hybridized carbons (Fsp3) is 0.364. The molecule has 0 saturated heterocycles. The highest BCUT2D eigenvalue weighted by Gasteiger charge is 2.15. The molecular weight excluding hydrogens is 350 g/mol. The summed E-state index contributed by atoms with van der Waals surface area (Å²) in [7, 11) is 0. The fourth-order valence-corrected chi connectivity index (χ4v) is 2.78. The molecule has 0 spiro atoms. The number of imidazole rings is 1. The van der Waals surface area contributed by atoms with Crippen LogP contribution in [0.4, 0.5) is 0 Å². The number of benzene rings is 1. The number of hydrazone groups is 1. The number of hydrogen-bond acceptors (Lipinski definition) is 5. The van der Waals surface area contributed by atoms with Crippen LogP contribution < -0.4 is 11.2 Å². The molecule has 1 aromatic heterocycles. The van der Waals surface area contributed by atoms with Crippen LogP contribution in [-0.4, -0.2) is 33.9 Å².